The third-order valence-corrected chi connectivity index (χ3v) is 5.33. The molecule has 0 saturated carbocycles. The molecule has 1 saturated heterocycles. The summed E-state index contributed by atoms with van der Waals surface area (Å²) in [6, 6.07) is 0.0919. The van der Waals surface area contributed by atoms with Crippen molar-refractivity contribution in [2.45, 2.75) is 38.8 Å². The molecule has 2 rings (SSSR count). The van der Waals surface area contributed by atoms with Crippen LogP contribution in [0, 0.1) is 6.92 Å². The van der Waals surface area contributed by atoms with Gasteiger partial charge in [0, 0.05) is 17.1 Å². The number of piperidine rings is 1. The van der Waals surface area contributed by atoms with E-state index >= 15 is 0 Å². The lowest BCUT2D eigenvalue weighted by Gasteiger charge is -2.23. The van der Waals surface area contributed by atoms with Crippen molar-refractivity contribution in [3.63, 3.8) is 0 Å². The van der Waals surface area contributed by atoms with E-state index < -0.39 is 10.0 Å². The summed E-state index contributed by atoms with van der Waals surface area (Å²) in [5.74, 6) is 0.164. The van der Waals surface area contributed by atoms with Gasteiger partial charge in [-0.1, -0.05) is 6.42 Å². The summed E-state index contributed by atoms with van der Waals surface area (Å²) in [7, 11) is -3.22. The minimum atomic E-state index is -3.22. The van der Waals surface area contributed by atoms with Crippen molar-refractivity contribution in [2.24, 2.45) is 0 Å². The Morgan fingerprint density at radius 2 is 2.39 bits per heavy atom. The molecule has 1 aliphatic heterocycles. The molecule has 0 aliphatic carbocycles. The van der Waals surface area contributed by atoms with Crippen LogP contribution in [0.4, 0.5) is 0 Å². The van der Waals surface area contributed by atoms with Gasteiger partial charge in [0.25, 0.3) is 0 Å². The van der Waals surface area contributed by atoms with Crippen LogP contribution >= 0.6 is 11.3 Å². The summed E-state index contributed by atoms with van der Waals surface area (Å²) in [6.45, 7) is 3.12. The Morgan fingerprint density at radius 1 is 1.56 bits per heavy atom. The average molecular weight is 289 g/mol. The van der Waals surface area contributed by atoms with E-state index in [1.807, 2.05) is 12.3 Å². The highest BCUT2D eigenvalue weighted by Crippen LogP contribution is 2.11. The first-order valence-electron chi connectivity index (χ1n) is 6.17. The van der Waals surface area contributed by atoms with Crippen LogP contribution in [0.5, 0.6) is 0 Å². The van der Waals surface area contributed by atoms with Gasteiger partial charge >= 0.3 is 0 Å². The van der Waals surface area contributed by atoms with Crippen LogP contribution in [0.3, 0.4) is 0 Å². The number of sulfonamides is 1. The van der Waals surface area contributed by atoms with Gasteiger partial charge in [-0.2, -0.15) is 0 Å². The first-order chi connectivity index (χ1) is 8.55. The Morgan fingerprint density at radius 3 is 3.00 bits per heavy atom. The van der Waals surface area contributed by atoms with Crippen LogP contribution in [0.1, 0.15) is 30.0 Å². The topological polar surface area (TPSA) is 71.1 Å². The SMILES string of the molecule is Cc1csc(CNS(=O)(=O)CC2CCCCN2)n1. The van der Waals surface area contributed by atoms with Gasteiger partial charge in [-0.3, -0.25) is 0 Å². The normalized spacial score (nSPS) is 21.1. The zero-order chi connectivity index (χ0) is 13.0. The fourth-order valence-electron chi connectivity index (χ4n) is 2.05. The molecular weight excluding hydrogens is 270 g/mol. The molecule has 7 heteroatoms. The fraction of sp³-hybridized carbons (Fsp3) is 0.727. The summed E-state index contributed by atoms with van der Waals surface area (Å²) in [6.07, 6.45) is 3.19. The van der Waals surface area contributed by atoms with Gasteiger partial charge in [-0.25, -0.2) is 18.1 Å². The van der Waals surface area contributed by atoms with Gasteiger partial charge in [0.2, 0.25) is 10.0 Å². The van der Waals surface area contributed by atoms with Crippen molar-refractivity contribution in [3.05, 3.63) is 16.1 Å². The van der Waals surface area contributed by atoms with E-state index in [0.717, 1.165) is 36.5 Å². The van der Waals surface area contributed by atoms with E-state index in [4.69, 9.17) is 0 Å². The zero-order valence-electron chi connectivity index (χ0n) is 10.5. The molecule has 5 nitrogen and oxygen atoms in total. The number of nitrogens with zero attached hydrogens (tertiary/aromatic N) is 1. The van der Waals surface area contributed by atoms with Gasteiger partial charge in [0.1, 0.15) is 5.01 Å². The second-order valence-electron chi connectivity index (χ2n) is 4.63. The van der Waals surface area contributed by atoms with Gasteiger partial charge in [0.05, 0.1) is 12.3 Å². The Balaban J connectivity index is 1.83. The van der Waals surface area contributed by atoms with E-state index in [1.165, 1.54) is 11.3 Å². The molecule has 0 amide bonds. The lowest BCUT2D eigenvalue weighted by atomic mass is 10.1. The summed E-state index contributed by atoms with van der Waals surface area (Å²) in [5, 5.41) is 5.98. The molecule has 0 aromatic carbocycles. The quantitative estimate of drug-likeness (QED) is 0.849. The molecule has 0 bridgehead atoms. The molecule has 102 valence electrons. The minimum Gasteiger partial charge on any atom is -0.313 e. The minimum absolute atomic E-state index is 0.0919. The van der Waals surface area contributed by atoms with E-state index in [-0.39, 0.29) is 11.8 Å². The van der Waals surface area contributed by atoms with Gasteiger partial charge < -0.3 is 5.32 Å². The molecule has 1 unspecified atom stereocenters. The molecule has 1 aromatic heterocycles. The van der Waals surface area contributed by atoms with Gasteiger partial charge in [0.15, 0.2) is 0 Å². The Bertz CT molecular complexity index is 478. The third-order valence-electron chi connectivity index (χ3n) is 2.94. The van der Waals surface area contributed by atoms with Gasteiger partial charge in [-0.15, -0.1) is 11.3 Å². The highest BCUT2D eigenvalue weighted by Gasteiger charge is 2.20. The molecule has 2 heterocycles. The monoisotopic (exact) mass is 289 g/mol. The Hall–Kier alpha value is -0.500. The highest BCUT2D eigenvalue weighted by atomic mass is 32.2. The van der Waals surface area contributed by atoms with Crippen molar-refractivity contribution < 1.29 is 8.42 Å². The highest BCUT2D eigenvalue weighted by molar-refractivity contribution is 7.89. The predicted octanol–water partition coefficient (Wildman–Crippen LogP) is 1.01. The number of nitrogens with one attached hydrogen (secondary N) is 2. The second kappa shape index (κ2) is 6.10. The Labute approximate surface area is 112 Å². The number of hydrogen-bond donors (Lipinski definition) is 2. The third kappa shape index (κ3) is 4.31. The largest absolute Gasteiger partial charge is 0.313 e. The number of aromatic nitrogens is 1. The van der Waals surface area contributed by atoms with Crippen LogP contribution < -0.4 is 10.0 Å². The molecule has 1 fully saturated rings. The maximum absolute atomic E-state index is 11.9. The van der Waals surface area contributed by atoms with Crippen LogP contribution in [0.25, 0.3) is 0 Å². The van der Waals surface area contributed by atoms with Crippen LogP contribution in [-0.4, -0.2) is 31.7 Å². The van der Waals surface area contributed by atoms with Crippen LogP contribution in [0.15, 0.2) is 5.38 Å². The predicted molar refractivity (Wildman–Crippen MR) is 73.1 cm³/mol. The first kappa shape index (κ1) is 13.9. The van der Waals surface area contributed by atoms with Gasteiger partial charge in [-0.05, 0) is 26.3 Å². The summed E-state index contributed by atoms with van der Waals surface area (Å²) >= 11 is 1.48. The van der Waals surface area contributed by atoms with Crippen molar-refractivity contribution in [3.8, 4) is 0 Å². The standard InChI is InChI=1S/C11H19N3O2S2/c1-9-7-17-11(14-9)6-13-18(15,16)8-10-4-2-3-5-12-10/h7,10,12-13H,2-6,8H2,1H3. The molecule has 0 spiro atoms. The first-order valence-corrected chi connectivity index (χ1v) is 8.70. The summed E-state index contributed by atoms with van der Waals surface area (Å²) < 4.78 is 26.4. The van der Waals surface area contributed by atoms with Crippen molar-refractivity contribution in [1.29, 1.82) is 0 Å². The molecule has 1 aromatic rings. The van der Waals surface area contributed by atoms with E-state index in [0.29, 0.717) is 6.54 Å². The number of hydrogen-bond acceptors (Lipinski definition) is 5. The molecule has 18 heavy (non-hydrogen) atoms. The maximum Gasteiger partial charge on any atom is 0.213 e. The van der Waals surface area contributed by atoms with Crippen molar-refractivity contribution in [1.82, 2.24) is 15.0 Å². The summed E-state index contributed by atoms with van der Waals surface area (Å²) in [5.41, 5.74) is 0.933. The number of rotatable bonds is 5. The zero-order valence-corrected chi connectivity index (χ0v) is 12.1. The molecule has 1 aliphatic rings. The molecule has 2 N–H and O–H groups in total. The van der Waals surface area contributed by atoms with E-state index in [9.17, 15) is 8.42 Å². The summed E-state index contributed by atoms with van der Waals surface area (Å²) in [4.78, 5) is 4.24. The lowest BCUT2D eigenvalue weighted by Crippen LogP contribution is -2.42. The molecular formula is C11H19N3O2S2. The fourth-order valence-corrected chi connectivity index (χ4v) is 4.14. The molecule has 0 radical (unpaired) electrons. The van der Waals surface area contributed by atoms with Crippen molar-refractivity contribution >= 4 is 21.4 Å². The number of thiazole rings is 1. The average Bonchev–Trinajstić information content (AvgIpc) is 2.74. The smallest absolute Gasteiger partial charge is 0.213 e. The number of aryl methyl sites for hydroxylation is 1. The van der Waals surface area contributed by atoms with E-state index in [1.54, 1.807) is 0 Å². The Kier molecular flexibility index (Phi) is 4.71. The second-order valence-corrected chi connectivity index (χ2v) is 7.43. The molecule has 1 atom stereocenters. The van der Waals surface area contributed by atoms with Crippen molar-refractivity contribution in [2.75, 3.05) is 12.3 Å². The lowest BCUT2D eigenvalue weighted by molar-refractivity contribution is 0.422. The van der Waals surface area contributed by atoms with E-state index in [2.05, 4.69) is 15.0 Å². The van der Waals surface area contributed by atoms with Crippen LogP contribution in [-0.2, 0) is 16.6 Å². The maximum atomic E-state index is 11.9. The van der Waals surface area contributed by atoms with Crippen LogP contribution in [0.2, 0.25) is 0 Å².